The summed E-state index contributed by atoms with van der Waals surface area (Å²) in [5, 5.41) is 3.22. The summed E-state index contributed by atoms with van der Waals surface area (Å²) in [6.07, 6.45) is 0.728. The number of hydrogen-bond donors (Lipinski definition) is 1. The summed E-state index contributed by atoms with van der Waals surface area (Å²) < 4.78 is 10.1. The average molecular weight is 171 g/mol. The molecule has 2 aliphatic heterocycles. The Hall–Kier alpha value is -0.610. The van der Waals surface area contributed by atoms with Gasteiger partial charge < -0.3 is 14.8 Å². The summed E-state index contributed by atoms with van der Waals surface area (Å²) in [6, 6.07) is 0. The molecule has 0 radical (unpaired) electrons. The Morgan fingerprint density at radius 2 is 2.42 bits per heavy atom. The standard InChI is InChI=1S/C8H13NO3/c1-11-8(10)6-2-5-3-9-4-7(5)12-6/h5-7,9H,2-4H2,1H3/t5-,6-,7+/m0/s1. The molecule has 0 bridgehead atoms. The molecule has 0 unspecified atom stereocenters. The minimum Gasteiger partial charge on any atom is -0.467 e. The van der Waals surface area contributed by atoms with Gasteiger partial charge in [-0.1, -0.05) is 0 Å². The van der Waals surface area contributed by atoms with Crippen LogP contribution in [0.5, 0.6) is 0 Å². The number of ether oxygens (including phenoxy) is 2. The van der Waals surface area contributed by atoms with Gasteiger partial charge in [0, 0.05) is 19.0 Å². The summed E-state index contributed by atoms with van der Waals surface area (Å²) in [5.74, 6) is 0.276. The van der Waals surface area contributed by atoms with Gasteiger partial charge in [-0.25, -0.2) is 4.79 Å². The number of carbonyl (C=O) groups excluding carboxylic acids is 1. The first kappa shape index (κ1) is 8.01. The van der Waals surface area contributed by atoms with Crippen LogP contribution in [0, 0.1) is 5.92 Å². The highest BCUT2D eigenvalue weighted by Gasteiger charge is 2.41. The van der Waals surface area contributed by atoms with Crippen LogP contribution < -0.4 is 5.32 Å². The van der Waals surface area contributed by atoms with Gasteiger partial charge in [-0.2, -0.15) is 0 Å². The van der Waals surface area contributed by atoms with Gasteiger partial charge in [0.25, 0.3) is 0 Å². The van der Waals surface area contributed by atoms with E-state index in [0.29, 0.717) is 5.92 Å². The molecule has 3 atom stereocenters. The first-order chi connectivity index (χ1) is 5.81. The lowest BCUT2D eigenvalue weighted by molar-refractivity contribution is -0.152. The van der Waals surface area contributed by atoms with Crippen molar-refractivity contribution in [3.8, 4) is 0 Å². The predicted molar refractivity (Wildman–Crippen MR) is 41.7 cm³/mol. The molecule has 0 aromatic heterocycles. The first-order valence-electron chi connectivity index (χ1n) is 4.25. The van der Waals surface area contributed by atoms with Crippen LogP contribution in [0.4, 0.5) is 0 Å². The fourth-order valence-electron chi connectivity index (χ4n) is 1.93. The number of rotatable bonds is 1. The Morgan fingerprint density at radius 3 is 3.08 bits per heavy atom. The fraction of sp³-hybridized carbons (Fsp3) is 0.875. The minimum atomic E-state index is -0.313. The molecule has 12 heavy (non-hydrogen) atoms. The molecule has 68 valence electrons. The lowest BCUT2D eigenvalue weighted by Gasteiger charge is -2.09. The lowest BCUT2D eigenvalue weighted by atomic mass is 10.0. The molecule has 2 heterocycles. The van der Waals surface area contributed by atoms with E-state index in [4.69, 9.17) is 4.74 Å². The van der Waals surface area contributed by atoms with Gasteiger partial charge in [0.2, 0.25) is 0 Å². The lowest BCUT2D eigenvalue weighted by Crippen LogP contribution is -2.25. The fourth-order valence-corrected chi connectivity index (χ4v) is 1.93. The zero-order chi connectivity index (χ0) is 8.55. The second-order valence-corrected chi connectivity index (χ2v) is 3.34. The van der Waals surface area contributed by atoms with Crippen molar-refractivity contribution < 1.29 is 14.3 Å². The van der Waals surface area contributed by atoms with Crippen LogP contribution in [0.25, 0.3) is 0 Å². The largest absolute Gasteiger partial charge is 0.467 e. The number of fused-ring (bicyclic) bond motifs is 1. The van der Waals surface area contributed by atoms with Gasteiger partial charge in [0.05, 0.1) is 13.2 Å². The molecule has 0 saturated carbocycles. The molecule has 2 rings (SSSR count). The van der Waals surface area contributed by atoms with Crippen molar-refractivity contribution in [3.05, 3.63) is 0 Å². The number of nitrogens with one attached hydrogen (secondary N) is 1. The number of carbonyl (C=O) groups is 1. The number of esters is 1. The van der Waals surface area contributed by atoms with Crippen LogP contribution in [0.1, 0.15) is 6.42 Å². The smallest absolute Gasteiger partial charge is 0.334 e. The minimum absolute atomic E-state index is 0.231. The molecule has 2 fully saturated rings. The average Bonchev–Trinajstić information content (AvgIpc) is 2.60. The molecular formula is C8H13NO3. The Balaban J connectivity index is 1.94. The van der Waals surface area contributed by atoms with Gasteiger partial charge in [-0.15, -0.1) is 0 Å². The van der Waals surface area contributed by atoms with Crippen molar-refractivity contribution in [2.45, 2.75) is 18.6 Å². The molecule has 2 saturated heterocycles. The molecule has 4 nitrogen and oxygen atoms in total. The summed E-state index contributed by atoms with van der Waals surface area (Å²) in [6.45, 7) is 1.84. The van der Waals surface area contributed by atoms with E-state index in [1.807, 2.05) is 0 Å². The van der Waals surface area contributed by atoms with E-state index in [1.54, 1.807) is 0 Å². The van der Waals surface area contributed by atoms with Gasteiger partial charge >= 0.3 is 5.97 Å². The molecule has 4 heteroatoms. The zero-order valence-electron chi connectivity index (χ0n) is 7.08. The van der Waals surface area contributed by atoms with Gasteiger partial charge in [-0.3, -0.25) is 0 Å². The van der Waals surface area contributed by atoms with Gasteiger partial charge in [0.15, 0.2) is 6.10 Å². The summed E-state index contributed by atoms with van der Waals surface area (Å²) in [7, 11) is 1.40. The van der Waals surface area contributed by atoms with Crippen LogP contribution >= 0.6 is 0 Å². The van der Waals surface area contributed by atoms with E-state index >= 15 is 0 Å². The Morgan fingerprint density at radius 1 is 1.58 bits per heavy atom. The van der Waals surface area contributed by atoms with Crippen LogP contribution in [0.3, 0.4) is 0 Å². The number of hydrogen-bond acceptors (Lipinski definition) is 4. The highest BCUT2D eigenvalue weighted by molar-refractivity contribution is 5.74. The molecule has 2 aliphatic rings. The molecule has 1 N–H and O–H groups in total. The molecular weight excluding hydrogens is 158 g/mol. The third-order valence-corrected chi connectivity index (χ3v) is 2.60. The van der Waals surface area contributed by atoms with Crippen molar-refractivity contribution >= 4 is 5.97 Å². The highest BCUT2D eigenvalue weighted by atomic mass is 16.6. The maximum atomic E-state index is 11.1. The van der Waals surface area contributed by atoms with Gasteiger partial charge in [-0.05, 0) is 6.42 Å². The van der Waals surface area contributed by atoms with E-state index in [-0.39, 0.29) is 18.2 Å². The summed E-state index contributed by atoms with van der Waals surface area (Å²) >= 11 is 0. The van der Waals surface area contributed by atoms with Gasteiger partial charge in [0.1, 0.15) is 0 Å². The van der Waals surface area contributed by atoms with Crippen molar-refractivity contribution in [1.82, 2.24) is 5.32 Å². The predicted octanol–water partition coefficient (Wildman–Crippen LogP) is -0.464. The maximum absolute atomic E-state index is 11.1. The molecule has 0 aliphatic carbocycles. The Bertz CT molecular complexity index is 183. The van der Waals surface area contributed by atoms with Crippen LogP contribution in [0.2, 0.25) is 0 Å². The molecule has 0 amide bonds. The van der Waals surface area contributed by atoms with Crippen molar-refractivity contribution in [1.29, 1.82) is 0 Å². The van der Waals surface area contributed by atoms with E-state index in [0.717, 1.165) is 19.5 Å². The van der Waals surface area contributed by atoms with E-state index in [2.05, 4.69) is 10.1 Å². The van der Waals surface area contributed by atoms with E-state index in [9.17, 15) is 4.79 Å². The van der Waals surface area contributed by atoms with Crippen molar-refractivity contribution in [2.75, 3.05) is 20.2 Å². The highest BCUT2D eigenvalue weighted by Crippen LogP contribution is 2.29. The second kappa shape index (κ2) is 3.03. The zero-order valence-corrected chi connectivity index (χ0v) is 7.08. The van der Waals surface area contributed by atoms with Crippen LogP contribution in [-0.2, 0) is 14.3 Å². The summed E-state index contributed by atoms with van der Waals surface area (Å²) in [5.41, 5.74) is 0. The SMILES string of the molecule is COC(=O)[C@@H]1C[C@H]2CNC[C@H]2O1. The third-order valence-electron chi connectivity index (χ3n) is 2.60. The monoisotopic (exact) mass is 171 g/mol. The Labute approximate surface area is 71.2 Å². The number of methoxy groups -OCH3 is 1. The molecule has 0 spiro atoms. The second-order valence-electron chi connectivity index (χ2n) is 3.34. The van der Waals surface area contributed by atoms with Crippen LogP contribution in [0.15, 0.2) is 0 Å². The quantitative estimate of drug-likeness (QED) is 0.542. The van der Waals surface area contributed by atoms with E-state index < -0.39 is 0 Å². The Kier molecular flexibility index (Phi) is 2.02. The normalized spacial score (nSPS) is 39.6. The molecule has 0 aromatic rings. The molecule has 0 aromatic carbocycles. The van der Waals surface area contributed by atoms with Crippen LogP contribution in [-0.4, -0.2) is 38.4 Å². The summed E-state index contributed by atoms with van der Waals surface area (Å²) in [4.78, 5) is 11.1. The van der Waals surface area contributed by atoms with Crippen molar-refractivity contribution in [2.24, 2.45) is 5.92 Å². The third kappa shape index (κ3) is 1.21. The topological polar surface area (TPSA) is 47.6 Å². The first-order valence-corrected chi connectivity index (χ1v) is 4.25. The van der Waals surface area contributed by atoms with Crippen molar-refractivity contribution in [3.63, 3.8) is 0 Å². The maximum Gasteiger partial charge on any atom is 0.334 e. The van der Waals surface area contributed by atoms with E-state index in [1.165, 1.54) is 7.11 Å².